The van der Waals surface area contributed by atoms with Gasteiger partial charge in [0.15, 0.2) is 0 Å². The van der Waals surface area contributed by atoms with E-state index >= 15 is 0 Å². The second kappa shape index (κ2) is 12.5. The van der Waals surface area contributed by atoms with Gasteiger partial charge in [0, 0.05) is 50.4 Å². The number of nitrogens with zero attached hydrogens (tertiary/aromatic N) is 7. The van der Waals surface area contributed by atoms with Gasteiger partial charge in [-0.25, -0.2) is 13.9 Å². The average Bonchev–Trinajstić information content (AvgIpc) is 3.56. The van der Waals surface area contributed by atoms with Crippen molar-refractivity contribution in [2.45, 2.75) is 37.3 Å². The number of hydrogen-bond acceptors (Lipinski definition) is 6. The second-order valence-electron chi connectivity index (χ2n) is 10.6. The molecule has 3 amide bonds. The third-order valence-electron chi connectivity index (χ3n) is 7.96. The molecule has 1 aliphatic carbocycles. The Hall–Kier alpha value is -4.32. The van der Waals surface area contributed by atoms with Crippen LogP contribution in [0.3, 0.4) is 0 Å². The Morgan fingerprint density at radius 3 is 2.41 bits per heavy atom. The van der Waals surface area contributed by atoms with E-state index < -0.39 is 12.1 Å². The maximum Gasteiger partial charge on any atom is 0.407 e. The molecule has 0 unspecified atom stereocenters. The molecule has 11 nitrogen and oxygen atoms in total. The van der Waals surface area contributed by atoms with Gasteiger partial charge in [-0.05, 0) is 68.3 Å². The van der Waals surface area contributed by atoms with E-state index in [9.17, 15) is 23.9 Å². The van der Waals surface area contributed by atoms with E-state index in [1.54, 1.807) is 58.4 Å². The Balaban J connectivity index is 1.30. The number of likely N-dealkylation sites (N-methyl/N-ethyl adjacent to an activating group) is 1. The molecule has 1 aliphatic heterocycles. The van der Waals surface area contributed by atoms with Crippen LogP contribution in [-0.2, 0) is 9.59 Å². The number of carbonyl (C=O) groups is 3. The van der Waals surface area contributed by atoms with Crippen LogP contribution >= 0.6 is 0 Å². The smallest absolute Gasteiger partial charge is 0.407 e. The van der Waals surface area contributed by atoms with Gasteiger partial charge >= 0.3 is 6.09 Å². The number of carboxylic acid groups (broad SMARTS) is 1. The number of hydrogen-bond donors (Lipinski definition) is 1. The Morgan fingerprint density at radius 1 is 1.10 bits per heavy atom. The first-order chi connectivity index (χ1) is 19.9. The SMILES string of the molecule is CN1CCN(C(=O)[C@@H](CCCN(C(=O)O)[C@@H]2C[C@H]2c2ccc(F)cc2)N(C=O)c2ccc(-n3ccnn3)cc2)CC1. The van der Waals surface area contributed by atoms with Crippen LogP contribution in [0.4, 0.5) is 14.9 Å². The molecule has 2 aliphatic rings. The molecule has 12 heteroatoms. The van der Waals surface area contributed by atoms with Gasteiger partial charge in [0.2, 0.25) is 12.3 Å². The fraction of sp³-hybridized carbons (Fsp3) is 0.414. The maximum atomic E-state index is 13.8. The van der Waals surface area contributed by atoms with Gasteiger partial charge in [0.25, 0.3) is 0 Å². The molecule has 216 valence electrons. The maximum absolute atomic E-state index is 13.8. The van der Waals surface area contributed by atoms with Gasteiger partial charge in [-0.3, -0.25) is 9.59 Å². The van der Waals surface area contributed by atoms with Gasteiger partial charge in [-0.15, -0.1) is 5.10 Å². The molecule has 1 saturated heterocycles. The number of carbonyl (C=O) groups excluding carboxylic acids is 2. The standard InChI is InChI=1S/C29H34FN7O4/c1-33-15-17-34(18-16-33)28(39)26(36(20-38)23-8-10-24(11-9-23)37-14-12-31-32-37)3-2-13-35(29(40)41)27-19-25(27)21-4-6-22(30)7-5-21/h4-12,14,20,25-27H,2-3,13,15-19H2,1H3,(H,40,41)/t25-,26+,27+/m0/s1. The third kappa shape index (κ3) is 6.54. The molecule has 41 heavy (non-hydrogen) atoms. The van der Waals surface area contributed by atoms with Crippen LogP contribution < -0.4 is 4.90 Å². The zero-order valence-corrected chi connectivity index (χ0v) is 22.9. The molecular weight excluding hydrogens is 529 g/mol. The van der Waals surface area contributed by atoms with Crippen molar-refractivity contribution in [1.29, 1.82) is 0 Å². The van der Waals surface area contributed by atoms with Gasteiger partial charge in [-0.1, -0.05) is 17.3 Å². The van der Waals surface area contributed by atoms with E-state index in [0.717, 1.165) is 24.3 Å². The molecule has 1 saturated carbocycles. The molecule has 5 rings (SSSR count). The fourth-order valence-electron chi connectivity index (χ4n) is 5.51. The Kier molecular flexibility index (Phi) is 8.58. The van der Waals surface area contributed by atoms with E-state index in [-0.39, 0.29) is 30.2 Å². The first kappa shape index (κ1) is 28.2. The van der Waals surface area contributed by atoms with Crippen LogP contribution in [-0.4, -0.2) is 105 Å². The summed E-state index contributed by atoms with van der Waals surface area (Å²) in [7, 11) is 2.01. The molecule has 1 aromatic heterocycles. The monoisotopic (exact) mass is 563 g/mol. The fourth-order valence-corrected chi connectivity index (χ4v) is 5.51. The molecule has 2 aromatic carbocycles. The highest BCUT2D eigenvalue weighted by molar-refractivity contribution is 5.92. The first-order valence-electron chi connectivity index (χ1n) is 13.8. The number of benzene rings is 2. The van der Waals surface area contributed by atoms with Crippen LogP contribution in [0.1, 0.15) is 30.7 Å². The summed E-state index contributed by atoms with van der Waals surface area (Å²) in [4.78, 5) is 45.1. The lowest BCUT2D eigenvalue weighted by molar-refractivity contribution is -0.135. The molecule has 0 spiro atoms. The Morgan fingerprint density at radius 2 is 1.80 bits per heavy atom. The van der Waals surface area contributed by atoms with E-state index in [0.29, 0.717) is 44.4 Å². The van der Waals surface area contributed by atoms with Crippen molar-refractivity contribution < 1.29 is 23.9 Å². The summed E-state index contributed by atoms with van der Waals surface area (Å²) >= 11 is 0. The van der Waals surface area contributed by atoms with Crippen LogP contribution in [0, 0.1) is 5.82 Å². The minimum Gasteiger partial charge on any atom is -0.465 e. The number of aromatic nitrogens is 3. The van der Waals surface area contributed by atoms with Crippen LogP contribution in [0.25, 0.3) is 5.69 Å². The van der Waals surface area contributed by atoms with Crippen molar-refractivity contribution in [1.82, 2.24) is 29.7 Å². The van der Waals surface area contributed by atoms with Crippen molar-refractivity contribution in [3.63, 3.8) is 0 Å². The topological polar surface area (TPSA) is 115 Å². The predicted molar refractivity (Wildman–Crippen MR) is 149 cm³/mol. The molecule has 0 bridgehead atoms. The zero-order valence-electron chi connectivity index (χ0n) is 22.9. The van der Waals surface area contributed by atoms with Gasteiger partial charge in [-0.2, -0.15) is 0 Å². The van der Waals surface area contributed by atoms with E-state index in [4.69, 9.17) is 0 Å². The second-order valence-corrected chi connectivity index (χ2v) is 10.6. The van der Waals surface area contributed by atoms with Gasteiger partial charge in [0.05, 0.1) is 18.1 Å². The molecule has 0 radical (unpaired) electrons. The zero-order chi connectivity index (χ0) is 28.9. The lowest BCUT2D eigenvalue weighted by atomic mass is 10.1. The Labute approximate surface area is 237 Å². The molecule has 3 atom stereocenters. The van der Waals surface area contributed by atoms with Crippen LogP contribution in [0.2, 0.25) is 0 Å². The highest BCUT2D eigenvalue weighted by Gasteiger charge is 2.45. The van der Waals surface area contributed by atoms with E-state index in [1.165, 1.54) is 21.9 Å². The number of halogens is 1. The summed E-state index contributed by atoms with van der Waals surface area (Å²) in [5, 5.41) is 17.7. The van der Waals surface area contributed by atoms with Crippen molar-refractivity contribution >= 4 is 24.1 Å². The molecule has 2 fully saturated rings. The summed E-state index contributed by atoms with van der Waals surface area (Å²) in [6.07, 6.45) is 4.28. The Bertz CT molecular complexity index is 1330. The van der Waals surface area contributed by atoms with Gasteiger partial charge < -0.3 is 24.7 Å². The minimum absolute atomic E-state index is 0.0180. The third-order valence-corrected chi connectivity index (χ3v) is 7.96. The van der Waals surface area contributed by atoms with Crippen LogP contribution in [0.5, 0.6) is 0 Å². The van der Waals surface area contributed by atoms with E-state index in [1.807, 2.05) is 7.05 Å². The summed E-state index contributed by atoms with van der Waals surface area (Å²) in [6.45, 7) is 2.83. The minimum atomic E-state index is -1.03. The number of anilines is 1. The molecule has 2 heterocycles. The summed E-state index contributed by atoms with van der Waals surface area (Å²) < 4.78 is 14.9. The highest BCUT2D eigenvalue weighted by atomic mass is 19.1. The first-order valence-corrected chi connectivity index (χ1v) is 13.8. The predicted octanol–water partition coefficient (Wildman–Crippen LogP) is 2.83. The highest BCUT2D eigenvalue weighted by Crippen LogP contribution is 2.45. The number of piperazine rings is 1. The van der Waals surface area contributed by atoms with Crippen molar-refractivity contribution in [3.8, 4) is 5.69 Å². The average molecular weight is 564 g/mol. The van der Waals surface area contributed by atoms with E-state index in [2.05, 4.69) is 15.2 Å². The summed E-state index contributed by atoms with van der Waals surface area (Å²) in [6, 6.07) is 12.3. The molecule has 1 N–H and O–H groups in total. The van der Waals surface area contributed by atoms with Gasteiger partial charge in [0.1, 0.15) is 11.9 Å². The molecular formula is C29H34FN7O4. The normalized spacial score (nSPS) is 19.4. The summed E-state index contributed by atoms with van der Waals surface area (Å²) in [5.74, 6) is -0.461. The number of amides is 3. The lowest BCUT2D eigenvalue weighted by Gasteiger charge is -2.37. The largest absolute Gasteiger partial charge is 0.465 e. The quantitative estimate of drug-likeness (QED) is 0.357. The van der Waals surface area contributed by atoms with Crippen molar-refractivity contribution in [2.24, 2.45) is 0 Å². The van der Waals surface area contributed by atoms with Crippen LogP contribution in [0.15, 0.2) is 60.9 Å². The summed E-state index contributed by atoms with van der Waals surface area (Å²) in [5.41, 5.74) is 2.23. The van der Waals surface area contributed by atoms with Crippen molar-refractivity contribution in [2.75, 3.05) is 44.7 Å². The molecule has 3 aromatic rings. The van der Waals surface area contributed by atoms with Crippen molar-refractivity contribution in [3.05, 3.63) is 72.3 Å². The lowest BCUT2D eigenvalue weighted by Crippen LogP contribution is -2.54. The number of rotatable bonds is 11.